The summed E-state index contributed by atoms with van der Waals surface area (Å²) in [6.45, 7) is 1.83. The van der Waals surface area contributed by atoms with Gasteiger partial charge in [0.1, 0.15) is 6.61 Å². The quantitative estimate of drug-likeness (QED) is 0.743. The molecule has 0 aliphatic rings. The van der Waals surface area contributed by atoms with Gasteiger partial charge in [-0.1, -0.05) is 24.0 Å². The van der Waals surface area contributed by atoms with E-state index in [1.165, 1.54) is 0 Å². The second kappa shape index (κ2) is 6.49. The van der Waals surface area contributed by atoms with E-state index in [1.54, 1.807) is 31.2 Å². The summed E-state index contributed by atoms with van der Waals surface area (Å²) in [5.41, 5.74) is 1.21. The lowest BCUT2D eigenvalue weighted by Crippen LogP contribution is -2.14. The van der Waals surface area contributed by atoms with Crippen LogP contribution in [0.25, 0.3) is 0 Å². The Bertz CT molecular complexity index is 418. The number of ether oxygens (including phenoxy) is 1. The Morgan fingerprint density at radius 3 is 2.94 bits per heavy atom. The summed E-state index contributed by atoms with van der Waals surface area (Å²) in [7, 11) is 0. The number of nitrogens with one attached hydrogen (secondary N) is 1. The average Bonchev–Trinajstić information content (AvgIpc) is 2.28. The highest BCUT2D eigenvalue weighted by molar-refractivity contribution is 5.86. The minimum atomic E-state index is -0.513. The van der Waals surface area contributed by atoms with Crippen LogP contribution in [0.1, 0.15) is 12.5 Å². The normalized spacial score (nSPS) is 8.88. The number of amides is 1. The van der Waals surface area contributed by atoms with Gasteiger partial charge in [0.15, 0.2) is 0 Å². The Morgan fingerprint density at radius 2 is 2.25 bits per heavy atom. The average molecular weight is 219 g/mol. The van der Waals surface area contributed by atoms with Gasteiger partial charge >= 0.3 is 6.09 Å². The molecule has 0 atom stereocenters. The van der Waals surface area contributed by atoms with Gasteiger partial charge in [0.25, 0.3) is 0 Å². The highest BCUT2D eigenvalue weighted by atomic mass is 16.5. The maximum atomic E-state index is 11.2. The highest BCUT2D eigenvalue weighted by Crippen LogP contribution is 2.13. The molecule has 0 fully saturated rings. The summed E-state index contributed by atoms with van der Waals surface area (Å²) in [5, 5.41) is 11.2. The van der Waals surface area contributed by atoms with Crippen molar-refractivity contribution in [3.8, 4) is 11.8 Å². The van der Waals surface area contributed by atoms with Crippen LogP contribution in [0.2, 0.25) is 0 Å². The Hall–Kier alpha value is -1.99. The van der Waals surface area contributed by atoms with Crippen molar-refractivity contribution in [1.82, 2.24) is 0 Å². The molecule has 0 saturated carbocycles. The van der Waals surface area contributed by atoms with Crippen LogP contribution in [0.15, 0.2) is 24.3 Å². The lowest BCUT2D eigenvalue weighted by Gasteiger charge is -2.06. The summed E-state index contributed by atoms with van der Waals surface area (Å²) < 4.78 is 4.76. The van der Waals surface area contributed by atoms with Gasteiger partial charge < -0.3 is 9.84 Å². The van der Waals surface area contributed by atoms with Crippen molar-refractivity contribution in [2.24, 2.45) is 0 Å². The fraction of sp³-hybridized carbons (Fsp3) is 0.250. The molecule has 1 aromatic rings. The number of rotatable bonds is 2. The molecule has 0 saturated heterocycles. The molecule has 4 heteroatoms. The SMILES string of the molecule is CCOC(=O)Nc1ccccc1C#CCO. The molecule has 0 bridgehead atoms. The fourth-order valence-electron chi connectivity index (χ4n) is 1.11. The van der Waals surface area contributed by atoms with Crippen LogP contribution in [-0.4, -0.2) is 24.4 Å². The zero-order chi connectivity index (χ0) is 11.8. The Morgan fingerprint density at radius 1 is 1.50 bits per heavy atom. The fourth-order valence-corrected chi connectivity index (χ4v) is 1.11. The van der Waals surface area contributed by atoms with E-state index in [-0.39, 0.29) is 6.61 Å². The van der Waals surface area contributed by atoms with Gasteiger partial charge in [0, 0.05) is 5.56 Å². The molecule has 0 unspecified atom stereocenters. The van der Waals surface area contributed by atoms with Gasteiger partial charge in [-0.3, -0.25) is 5.32 Å². The Kier molecular flexibility index (Phi) is 4.90. The third kappa shape index (κ3) is 3.64. The monoisotopic (exact) mass is 219 g/mol. The molecule has 0 aliphatic heterocycles. The van der Waals surface area contributed by atoms with Crippen molar-refractivity contribution in [2.45, 2.75) is 6.92 Å². The van der Waals surface area contributed by atoms with Crippen LogP contribution in [0.3, 0.4) is 0 Å². The predicted octanol–water partition coefficient (Wildman–Crippen LogP) is 1.60. The third-order valence-electron chi connectivity index (χ3n) is 1.74. The molecule has 0 radical (unpaired) electrons. The lowest BCUT2D eigenvalue weighted by molar-refractivity contribution is 0.168. The molecular formula is C12H13NO3. The van der Waals surface area contributed by atoms with E-state index in [0.717, 1.165) is 0 Å². The number of hydrogen-bond acceptors (Lipinski definition) is 3. The van der Waals surface area contributed by atoms with Crippen molar-refractivity contribution >= 4 is 11.8 Å². The number of carbonyl (C=O) groups excluding carboxylic acids is 1. The smallest absolute Gasteiger partial charge is 0.411 e. The van der Waals surface area contributed by atoms with E-state index >= 15 is 0 Å². The second-order valence-corrected chi connectivity index (χ2v) is 2.85. The highest BCUT2D eigenvalue weighted by Gasteiger charge is 2.04. The Labute approximate surface area is 94.2 Å². The summed E-state index contributed by atoms with van der Waals surface area (Å²) in [5.74, 6) is 5.26. The number of aliphatic hydroxyl groups is 1. The predicted molar refractivity (Wildman–Crippen MR) is 61.1 cm³/mol. The molecule has 0 heterocycles. The molecular weight excluding hydrogens is 206 g/mol. The molecule has 0 aromatic heterocycles. The van der Waals surface area contributed by atoms with Crippen molar-refractivity contribution < 1.29 is 14.6 Å². The van der Waals surface area contributed by atoms with E-state index in [1.807, 2.05) is 0 Å². The largest absolute Gasteiger partial charge is 0.450 e. The molecule has 4 nitrogen and oxygen atoms in total. The Balaban J connectivity index is 2.82. The minimum Gasteiger partial charge on any atom is -0.450 e. The first kappa shape index (κ1) is 12.1. The van der Waals surface area contributed by atoms with Gasteiger partial charge in [-0.25, -0.2) is 4.79 Å². The van der Waals surface area contributed by atoms with Gasteiger partial charge in [-0.15, -0.1) is 0 Å². The number of para-hydroxylation sites is 1. The number of hydrogen-bond donors (Lipinski definition) is 2. The van der Waals surface area contributed by atoms with Gasteiger partial charge in [-0.05, 0) is 19.1 Å². The summed E-state index contributed by atoms with van der Waals surface area (Å²) in [4.78, 5) is 11.2. The first-order valence-electron chi connectivity index (χ1n) is 4.90. The van der Waals surface area contributed by atoms with Crippen LogP contribution in [0.5, 0.6) is 0 Å². The van der Waals surface area contributed by atoms with Crippen molar-refractivity contribution in [3.63, 3.8) is 0 Å². The maximum absolute atomic E-state index is 11.2. The first-order valence-corrected chi connectivity index (χ1v) is 4.90. The van der Waals surface area contributed by atoms with Gasteiger partial charge in [-0.2, -0.15) is 0 Å². The van der Waals surface area contributed by atoms with Gasteiger partial charge in [0.2, 0.25) is 0 Å². The van der Waals surface area contributed by atoms with Crippen LogP contribution in [0, 0.1) is 11.8 Å². The lowest BCUT2D eigenvalue weighted by atomic mass is 10.2. The van der Waals surface area contributed by atoms with E-state index in [2.05, 4.69) is 17.2 Å². The summed E-state index contributed by atoms with van der Waals surface area (Å²) >= 11 is 0. The number of benzene rings is 1. The minimum absolute atomic E-state index is 0.215. The molecule has 0 spiro atoms. The van der Waals surface area contributed by atoms with Crippen molar-refractivity contribution in [1.29, 1.82) is 0 Å². The first-order chi connectivity index (χ1) is 7.77. The molecule has 1 rings (SSSR count). The topological polar surface area (TPSA) is 58.6 Å². The summed E-state index contributed by atoms with van der Waals surface area (Å²) in [6, 6.07) is 7.06. The standard InChI is InChI=1S/C12H13NO3/c1-2-16-12(15)13-11-8-4-3-6-10(11)7-5-9-14/h3-4,6,8,14H,2,9H2,1H3,(H,13,15). The van der Waals surface area contributed by atoms with E-state index in [0.29, 0.717) is 17.9 Å². The van der Waals surface area contributed by atoms with E-state index in [9.17, 15) is 4.79 Å². The zero-order valence-electron chi connectivity index (χ0n) is 8.99. The molecule has 0 aliphatic carbocycles. The third-order valence-corrected chi connectivity index (χ3v) is 1.74. The molecule has 2 N–H and O–H groups in total. The summed E-state index contributed by atoms with van der Waals surface area (Å²) in [6.07, 6.45) is -0.513. The van der Waals surface area contributed by atoms with Crippen molar-refractivity contribution in [2.75, 3.05) is 18.5 Å². The second-order valence-electron chi connectivity index (χ2n) is 2.85. The molecule has 84 valence electrons. The zero-order valence-corrected chi connectivity index (χ0v) is 8.99. The molecule has 16 heavy (non-hydrogen) atoms. The molecule has 1 amide bonds. The number of carbonyl (C=O) groups is 1. The van der Waals surface area contributed by atoms with Crippen LogP contribution in [-0.2, 0) is 4.74 Å². The van der Waals surface area contributed by atoms with Crippen LogP contribution in [0.4, 0.5) is 10.5 Å². The van der Waals surface area contributed by atoms with Crippen LogP contribution >= 0.6 is 0 Å². The van der Waals surface area contributed by atoms with E-state index in [4.69, 9.17) is 9.84 Å². The van der Waals surface area contributed by atoms with E-state index < -0.39 is 6.09 Å². The number of anilines is 1. The van der Waals surface area contributed by atoms with Gasteiger partial charge in [0.05, 0.1) is 12.3 Å². The van der Waals surface area contributed by atoms with Crippen LogP contribution < -0.4 is 5.32 Å². The number of aliphatic hydroxyl groups excluding tert-OH is 1. The maximum Gasteiger partial charge on any atom is 0.411 e. The van der Waals surface area contributed by atoms with Crippen molar-refractivity contribution in [3.05, 3.63) is 29.8 Å². The molecule has 1 aromatic carbocycles.